The van der Waals surface area contributed by atoms with Crippen LogP contribution in [0.25, 0.3) is 0 Å². The molecule has 1 aliphatic rings. The Bertz CT molecular complexity index is 254. The lowest BCUT2D eigenvalue weighted by molar-refractivity contribution is -0.0527. The van der Waals surface area contributed by atoms with Crippen molar-refractivity contribution in [2.24, 2.45) is 11.8 Å². The number of rotatable bonds is 6. The van der Waals surface area contributed by atoms with Gasteiger partial charge in [0.2, 0.25) is 5.92 Å². The van der Waals surface area contributed by atoms with E-state index in [4.69, 9.17) is 0 Å². The smallest absolute Gasteiger partial charge is 0.248 e. The van der Waals surface area contributed by atoms with Crippen LogP contribution in [0.15, 0.2) is 0 Å². The van der Waals surface area contributed by atoms with Crippen LogP contribution in [0.3, 0.4) is 0 Å². The molecule has 2 N–H and O–H groups in total. The van der Waals surface area contributed by atoms with Gasteiger partial charge in [0.25, 0.3) is 0 Å². The molecule has 0 aromatic heterocycles. The van der Waals surface area contributed by atoms with Gasteiger partial charge in [0.1, 0.15) is 0 Å². The van der Waals surface area contributed by atoms with Crippen molar-refractivity contribution in [1.82, 2.24) is 5.32 Å². The largest absolute Gasteiger partial charge is 0.389 e. The molecule has 2 nitrogen and oxygen atoms in total. The second-order valence-corrected chi connectivity index (χ2v) is 6.54. The molecule has 0 aromatic rings. The van der Waals surface area contributed by atoms with E-state index in [-0.39, 0.29) is 18.8 Å². The van der Waals surface area contributed by atoms with Crippen LogP contribution in [-0.2, 0) is 0 Å². The predicted octanol–water partition coefficient (Wildman–Crippen LogP) is 3.20. The zero-order chi connectivity index (χ0) is 13.8. The summed E-state index contributed by atoms with van der Waals surface area (Å²) in [6, 6.07) is 0. The number of aliphatic hydroxyl groups is 1. The maximum atomic E-state index is 13.2. The van der Waals surface area contributed by atoms with Crippen LogP contribution in [0.4, 0.5) is 8.78 Å². The summed E-state index contributed by atoms with van der Waals surface area (Å²) >= 11 is 0. The first-order chi connectivity index (χ1) is 8.20. The van der Waals surface area contributed by atoms with Crippen LogP contribution >= 0.6 is 0 Å². The fraction of sp³-hybridized carbons (Fsp3) is 1.00. The molecule has 0 amide bonds. The van der Waals surface area contributed by atoms with Crippen molar-refractivity contribution in [3.8, 4) is 0 Å². The van der Waals surface area contributed by atoms with E-state index < -0.39 is 11.5 Å². The van der Waals surface area contributed by atoms with Gasteiger partial charge in [0.15, 0.2) is 0 Å². The first-order valence-electron chi connectivity index (χ1n) is 7.01. The average molecular weight is 263 g/mol. The van der Waals surface area contributed by atoms with Gasteiger partial charge in [-0.2, -0.15) is 0 Å². The molecule has 18 heavy (non-hydrogen) atoms. The van der Waals surface area contributed by atoms with Crippen molar-refractivity contribution in [3.63, 3.8) is 0 Å². The Balaban J connectivity index is 2.25. The van der Waals surface area contributed by atoms with E-state index in [9.17, 15) is 13.9 Å². The molecule has 0 spiro atoms. The van der Waals surface area contributed by atoms with Gasteiger partial charge in [-0.15, -0.1) is 0 Å². The van der Waals surface area contributed by atoms with Gasteiger partial charge in [-0.25, -0.2) is 8.78 Å². The van der Waals surface area contributed by atoms with E-state index in [2.05, 4.69) is 19.2 Å². The van der Waals surface area contributed by atoms with Gasteiger partial charge < -0.3 is 10.4 Å². The van der Waals surface area contributed by atoms with E-state index in [0.29, 0.717) is 25.4 Å². The summed E-state index contributed by atoms with van der Waals surface area (Å²) in [7, 11) is 0. The summed E-state index contributed by atoms with van der Waals surface area (Å²) in [6.07, 6.45) is 2.23. The Morgan fingerprint density at radius 1 is 1.44 bits per heavy atom. The van der Waals surface area contributed by atoms with Crippen LogP contribution in [-0.4, -0.2) is 29.7 Å². The van der Waals surface area contributed by atoms with Gasteiger partial charge in [0, 0.05) is 19.4 Å². The van der Waals surface area contributed by atoms with Crippen LogP contribution in [0.1, 0.15) is 52.9 Å². The minimum atomic E-state index is -2.48. The molecule has 108 valence electrons. The van der Waals surface area contributed by atoms with Crippen molar-refractivity contribution >= 4 is 0 Å². The molecule has 0 bridgehead atoms. The molecule has 2 unspecified atom stereocenters. The van der Waals surface area contributed by atoms with E-state index >= 15 is 0 Å². The van der Waals surface area contributed by atoms with Crippen molar-refractivity contribution in [1.29, 1.82) is 0 Å². The summed E-state index contributed by atoms with van der Waals surface area (Å²) < 4.78 is 26.4. The molecule has 0 aliphatic heterocycles. The third kappa shape index (κ3) is 6.10. The standard InChI is InChI=1S/C14H27F2NO/c1-11(2)7-13(3,18)10-17-9-12-5-4-6-14(15,16)8-12/h11-12,17-18H,4-10H2,1-3H3. The van der Waals surface area contributed by atoms with Gasteiger partial charge in [0.05, 0.1) is 5.60 Å². The molecule has 0 radical (unpaired) electrons. The Morgan fingerprint density at radius 3 is 2.67 bits per heavy atom. The summed E-state index contributed by atoms with van der Waals surface area (Å²) in [6.45, 7) is 7.00. The monoisotopic (exact) mass is 263 g/mol. The Hall–Kier alpha value is -0.220. The molecule has 0 saturated heterocycles. The molecule has 2 atom stereocenters. The highest BCUT2D eigenvalue weighted by atomic mass is 19.3. The van der Waals surface area contributed by atoms with E-state index in [1.165, 1.54) is 0 Å². The zero-order valence-corrected chi connectivity index (χ0v) is 11.8. The number of hydrogen-bond acceptors (Lipinski definition) is 2. The minimum absolute atomic E-state index is 0.00762. The van der Waals surface area contributed by atoms with Crippen LogP contribution in [0.5, 0.6) is 0 Å². The van der Waals surface area contributed by atoms with Crippen LogP contribution < -0.4 is 5.32 Å². The first-order valence-corrected chi connectivity index (χ1v) is 7.01. The highest BCUT2D eigenvalue weighted by Gasteiger charge is 2.36. The molecule has 0 aromatic carbocycles. The van der Waals surface area contributed by atoms with E-state index in [0.717, 1.165) is 12.8 Å². The molecule has 1 saturated carbocycles. The second kappa shape index (κ2) is 6.29. The fourth-order valence-corrected chi connectivity index (χ4v) is 2.95. The normalized spacial score (nSPS) is 27.2. The predicted molar refractivity (Wildman–Crippen MR) is 69.9 cm³/mol. The lowest BCUT2D eigenvalue weighted by Gasteiger charge is -2.31. The maximum Gasteiger partial charge on any atom is 0.248 e. The number of nitrogens with one attached hydrogen (secondary N) is 1. The van der Waals surface area contributed by atoms with Crippen LogP contribution in [0.2, 0.25) is 0 Å². The number of hydrogen-bond donors (Lipinski definition) is 2. The first kappa shape index (κ1) is 15.8. The Labute approximate surface area is 109 Å². The topological polar surface area (TPSA) is 32.3 Å². The van der Waals surface area contributed by atoms with Crippen molar-refractivity contribution in [2.45, 2.75) is 64.4 Å². The molecular formula is C14H27F2NO. The van der Waals surface area contributed by atoms with E-state index in [1.807, 2.05) is 0 Å². The molecule has 1 fully saturated rings. The van der Waals surface area contributed by atoms with Gasteiger partial charge in [-0.3, -0.25) is 0 Å². The zero-order valence-electron chi connectivity index (χ0n) is 11.8. The Kier molecular flexibility index (Phi) is 5.53. The Morgan fingerprint density at radius 2 is 2.11 bits per heavy atom. The third-order valence-corrected chi connectivity index (χ3v) is 3.53. The molecular weight excluding hydrogens is 236 g/mol. The maximum absolute atomic E-state index is 13.2. The lowest BCUT2D eigenvalue weighted by atomic mass is 9.86. The summed E-state index contributed by atoms with van der Waals surface area (Å²) in [5.41, 5.74) is -0.745. The summed E-state index contributed by atoms with van der Waals surface area (Å²) in [4.78, 5) is 0. The number of alkyl halides is 2. The van der Waals surface area contributed by atoms with Gasteiger partial charge >= 0.3 is 0 Å². The lowest BCUT2D eigenvalue weighted by Crippen LogP contribution is -2.42. The van der Waals surface area contributed by atoms with Gasteiger partial charge in [-0.1, -0.05) is 13.8 Å². The van der Waals surface area contributed by atoms with Crippen molar-refractivity contribution in [2.75, 3.05) is 13.1 Å². The summed E-state index contributed by atoms with van der Waals surface area (Å²) in [5, 5.41) is 13.3. The molecule has 1 aliphatic carbocycles. The number of halogens is 2. The fourth-order valence-electron chi connectivity index (χ4n) is 2.95. The van der Waals surface area contributed by atoms with Crippen LogP contribution in [0, 0.1) is 11.8 Å². The molecule has 1 rings (SSSR count). The third-order valence-electron chi connectivity index (χ3n) is 3.53. The van der Waals surface area contributed by atoms with Gasteiger partial charge in [-0.05, 0) is 44.6 Å². The van der Waals surface area contributed by atoms with Crippen molar-refractivity contribution < 1.29 is 13.9 Å². The SMILES string of the molecule is CC(C)CC(C)(O)CNCC1CCCC(F)(F)C1. The van der Waals surface area contributed by atoms with E-state index in [1.54, 1.807) is 6.92 Å². The minimum Gasteiger partial charge on any atom is -0.389 e. The highest BCUT2D eigenvalue weighted by Crippen LogP contribution is 2.36. The summed E-state index contributed by atoms with van der Waals surface area (Å²) in [5.74, 6) is -2.00. The highest BCUT2D eigenvalue weighted by molar-refractivity contribution is 4.82. The average Bonchev–Trinajstić information content (AvgIpc) is 2.13. The molecule has 4 heteroatoms. The molecule has 0 heterocycles. The quantitative estimate of drug-likeness (QED) is 0.771. The van der Waals surface area contributed by atoms with Crippen molar-refractivity contribution in [3.05, 3.63) is 0 Å². The second-order valence-electron chi connectivity index (χ2n) is 6.54.